The van der Waals surface area contributed by atoms with Gasteiger partial charge in [-0.15, -0.1) is 0 Å². The van der Waals surface area contributed by atoms with Crippen molar-refractivity contribution in [3.63, 3.8) is 0 Å². The Kier molecular flexibility index (Phi) is 2.57. The molecule has 1 saturated heterocycles. The molecule has 2 unspecified atom stereocenters. The molecule has 0 aromatic heterocycles. The summed E-state index contributed by atoms with van der Waals surface area (Å²) in [7, 11) is 0. The average Bonchev–Trinajstić information content (AvgIpc) is 2.19. The number of nitrogens with zero attached hydrogens (tertiary/aromatic N) is 1. The molecule has 1 amide bonds. The van der Waals surface area contributed by atoms with Gasteiger partial charge in [0.15, 0.2) is 0 Å². The monoisotopic (exact) mass is 290 g/mol. The Morgan fingerprint density at radius 3 is 2.10 bits per heavy atom. The van der Waals surface area contributed by atoms with Gasteiger partial charge in [0.2, 0.25) is 5.91 Å². The molecule has 0 spiro atoms. The van der Waals surface area contributed by atoms with E-state index in [4.69, 9.17) is 5.73 Å². The van der Waals surface area contributed by atoms with Crippen molar-refractivity contribution in [2.45, 2.75) is 71.3 Å². The van der Waals surface area contributed by atoms with Crippen molar-refractivity contribution in [3.05, 3.63) is 0 Å². The van der Waals surface area contributed by atoms with E-state index in [0.717, 1.165) is 25.4 Å². The molecule has 5 fully saturated rings. The molecule has 2 atom stereocenters. The van der Waals surface area contributed by atoms with Crippen LogP contribution in [0.25, 0.3) is 0 Å². The predicted molar refractivity (Wildman–Crippen MR) is 83.6 cm³/mol. The van der Waals surface area contributed by atoms with Crippen molar-refractivity contribution in [1.29, 1.82) is 0 Å². The highest BCUT2D eigenvalue weighted by molar-refractivity contribution is 5.78. The SMILES string of the molecule is CC1(N)CN(C(=O)CC23CC4CC(C)(CC(C)(C4)C2)C3)C1. The van der Waals surface area contributed by atoms with E-state index in [-0.39, 0.29) is 5.54 Å². The molecular formula is C18H30N2O. The number of nitrogens with two attached hydrogens (primary N) is 1. The van der Waals surface area contributed by atoms with Crippen LogP contribution in [0.15, 0.2) is 0 Å². The number of rotatable bonds is 2. The van der Waals surface area contributed by atoms with Gasteiger partial charge in [0.05, 0.1) is 0 Å². The first kappa shape index (κ1) is 14.0. The molecule has 0 radical (unpaired) electrons. The van der Waals surface area contributed by atoms with E-state index < -0.39 is 0 Å². The number of hydrogen-bond donors (Lipinski definition) is 1. The standard InChI is InChI=1S/C18H30N2O/c1-15-4-13-5-16(2,8-15)10-18(6-13,9-15)7-14(21)20-11-17(3,19)12-20/h13H,4-12,19H2,1-3H3. The molecule has 4 saturated carbocycles. The van der Waals surface area contributed by atoms with Crippen LogP contribution < -0.4 is 5.73 Å². The van der Waals surface area contributed by atoms with Gasteiger partial charge in [0.1, 0.15) is 0 Å². The minimum Gasteiger partial charge on any atom is -0.339 e. The van der Waals surface area contributed by atoms with Crippen molar-refractivity contribution in [3.8, 4) is 0 Å². The molecule has 2 N–H and O–H groups in total. The lowest BCUT2D eigenvalue weighted by atomic mass is 9.40. The van der Waals surface area contributed by atoms with Gasteiger partial charge in [-0.05, 0) is 67.6 Å². The third-order valence-electron chi connectivity index (χ3n) is 6.72. The molecule has 1 heterocycles. The van der Waals surface area contributed by atoms with Gasteiger partial charge in [0.25, 0.3) is 0 Å². The maximum Gasteiger partial charge on any atom is 0.223 e. The van der Waals surface area contributed by atoms with Gasteiger partial charge in [-0.2, -0.15) is 0 Å². The van der Waals surface area contributed by atoms with E-state index in [0.29, 0.717) is 22.2 Å². The van der Waals surface area contributed by atoms with Crippen LogP contribution in [-0.2, 0) is 4.79 Å². The number of carbonyl (C=O) groups excluding carboxylic acids is 1. The lowest BCUT2D eigenvalue weighted by Gasteiger charge is -2.65. The zero-order valence-corrected chi connectivity index (χ0v) is 13.9. The average molecular weight is 290 g/mol. The zero-order chi connectivity index (χ0) is 15.1. The second-order valence-corrected chi connectivity index (χ2v) is 10.2. The van der Waals surface area contributed by atoms with Gasteiger partial charge < -0.3 is 10.6 Å². The van der Waals surface area contributed by atoms with Gasteiger partial charge in [-0.3, -0.25) is 4.79 Å². The van der Waals surface area contributed by atoms with Gasteiger partial charge in [-0.25, -0.2) is 0 Å². The van der Waals surface area contributed by atoms with Crippen LogP contribution in [0.4, 0.5) is 0 Å². The van der Waals surface area contributed by atoms with Crippen LogP contribution in [0.1, 0.15) is 65.7 Å². The Bertz CT molecular complexity index is 471. The van der Waals surface area contributed by atoms with Gasteiger partial charge >= 0.3 is 0 Å². The summed E-state index contributed by atoms with van der Waals surface area (Å²) in [5.74, 6) is 1.24. The minimum atomic E-state index is -0.144. The maximum atomic E-state index is 12.7. The summed E-state index contributed by atoms with van der Waals surface area (Å²) in [4.78, 5) is 14.7. The van der Waals surface area contributed by atoms with Crippen LogP contribution in [0.5, 0.6) is 0 Å². The van der Waals surface area contributed by atoms with Crippen molar-refractivity contribution in [1.82, 2.24) is 4.90 Å². The van der Waals surface area contributed by atoms with Crippen LogP contribution >= 0.6 is 0 Å². The molecule has 118 valence electrons. The molecule has 4 aliphatic carbocycles. The molecular weight excluding hydrogens is 260 g/mol. The fourth-order valence-electron chi connectivity index (χ4n) is 7.32. The first-order valence-electron chi connectivity index (χ1n) is 8.67. The Morgan fingerprint density at radius 1 is 1.05 bits per heavy atom. The number of likely N-dealkylation sites (tertiary alicyclic amines) is 1. The summed E-state index contributed by atoms with van der Waals surface area (Å²) in [6.07, 6.45) is 8.85. The molecule has 3 nitrogen and oxygen atoms in total. The largest absolute Gasteiger partial charge is 0.339 e. The Morgan fingerprint density at radius 2 is 1.62 bits per heavy atom. The third kappa shape index (κ3) is 2.23. The predicted octanol–water partition coefficient (Wildman–Crippen LogP) is 2.93. The topological polar surface area (TPSA) is 46.3 Å². The molecule has 4 bridgehead atoms. The van der Waals surface area contributed by atoms with Gasteiger partial charge in [0, 0.05) is 25.0 Å². The first-order valence-corrected chi connectivity index (χ1v) is 8.67. The zero-order valence-electron chi connectivity index (χ0n) is 13.9. The third-order valence-corrected chi connectivity index (χ3v) is 6.72. The molecule has 3 heteroatoms. The van der Waals surface area contributed by atoms with Crippen LogP contribution in [0.3, 0.4) is 0 Å². The highest BCUT2D eigenvalue weighted by atomic mass is 16.2. The Balaban J connectivity index is 1.51. The van der Waals surface area contributed by atoms with Crippen LogP contribution in [0, 0.1) is 22.2 Å². The molecule has 0 aromatic rings. The number of carbonyl (C=O) groups is 1. The van der Waals surface area contributed by atoms with Gasteiger partial charge in [-0.1, -0.05) is 13.8 Å². The first-order chi connectivity index (χ1) is 9.60. The number of amides is 1. The maximum absolute atomic E-state index is 12.7. The summed E-state index contributed by atoms with van der Waals surface area (Å²) >= 11 is 0. The van der Waals surface area contributed by atoms with Crippen LogP contribution in [-0.4, -0.2) is 29.4 Å². The molecule has 5 rings (SSSR count). The lowest BCUT2D eigenvalue weighted by Crippen LogP contribution is -2.67. The lowest BCUT2D eigenvalue weighted by molar-refractivity contribution is -0.164. The van der Waals surface area contributed by atoms with Crippen molar-refractivity contribution >= 4 is 5.91 Å². The van der Waals surface area contributed by atoms with Crippen molar-refractivity contribution in [2.24, 2.45) is 27.9 Å². The summed E-state index contributed by atoms with van der Waals surface area (Å²) in [5, 5.41) is 0. The van der Waals surface area contributed by atoms with Crippen molar-refractivity contribution < 1.29 is 4.79 Å². The number of hydrogen-bond acceptors (Lipinski definition) is 2. The summed E-state index contributed by atoms with van der Waals surface area (Å²) in [5.41, 5.74) is 7.23. The van der Waals surface area contributed by atoms with E-state index in [2.05, 4.69) is 13.8 Å². The fraction of sp³-hybridized carbons (Fsp3) is 0.944. The normalized spacial score (nSPS) is 50.1. The summed E-state index contributed by atoms with van der Waals surface area (Å²) in [6.45, 7) is 8.51. The Hall–Kier alpha value is -0.570. The molecule has 5 aliphatic rings. The molecule has 0 aromatic carbocycles. The highest BCUT2D eigenvalue weighted by Gasteiger charge is 2.60. The Labute approximate surface area is 128 Å². The molecule has 1 aliphatic heterocycles. The van der Waals surface area contributed by atoms with E-state index >= 15 is 0 Å². The fourth-order valence-corrected chi connectivity index (χ4v) is 7.32. The van der Waals surface area contributed by atoms with E-state index in [1.165, 1.54) is 38.5 Å². The minimum absolute atomic E-state index is 0.144. The summed E-state index contributed by atoms with van der Waals surface area (Å²) < 4.78 is 0. The van der Waals surface area contributed by atoms with Crippen molar-refractivity contribution in [2.75, 3.05) is 13.1 Å². The molecule has 21 heavy (non-hydrogen) atoms. The van der Waals surface area contributed by atoms with E-state index in [1.54, 1.807) is 0 Å². The quantitative estimate of drug-likeness (QED) is 0.850. The van der Waals surface area contributed by atoms with E-state index in [1.807, 2.05) is 11.8 Å². The van der Waals surface area contributed by atoms with Crippen LogP contribution in [0.2, 0.25) is 0 Å². The van der Waals surface area contributed by atoms with E-state index in [9.17, 15) is 4.79 Å². The smallest absolute Gasteiger partial charge is 0.223 e. The highest BCUT2D eigenvalue weighted by Crippen LogP contribution is 2.70. The second kappa shape index (κ2) is 3.84. The summed E-state index contributed by atoms with van der Waals surface area (Å²) in [6, 6.07) is 0. The second-order valence-electron chi connectivity index (χ2n) is 10.2.